The summed E-state index contributed by atoms with van der Waals surface area (Å²) in [5.74, 6) is 2.66. The van der Waals surface area contributed by atoms with Crippen LogP contribution in [0, 0.1) is 17.3 Å². The minimum absolute atomic E-state index is 0.00882. The standard InChI is InChI=1S/C21H38N2O3.C19H24O2/c1-5-26-20(25)23-18-12-8-16(9-13-18)14-15-6-10-17(11-7-15)22-19(24)21(2,3)4;1-4-20-14-15-21-18-12-10-17(11-13-18)19(2,3)16-8-6-5-7-9-16/h15-18H,5-14H2,1-4H3,(H,22,24)(H,23,25);5-13H,4,14-15H2,1-3H3. The number of nitrogens with one attached hydrogen (secondary N) is 2. The first kappa shape index (κ1) is 38.4. The third-order valence-corrected chi connectivity index (χ3v) is 9.75. The van der Waals surface area contributed by atoms with Crippen LogP contribution >= 0.6 is 0 Å². The van der Waals surface area contributed by atoms with Gasteiger partial charge in [0.1, 0.15) is 12.4 Å². The number of hydrogen-bond donors (Lipinski definition) is 2. The highest BCUT2D eigenvalue weighted by molar-refractivity contribution is 5.81. The van der Waals surface area contributed by atoms with E-state index in [4.69, 9.17) is 14.2 Å². The minimum atomic E-state index is -0.299. The van der Waals surface area contributed by atoms with E-state index in [9.17, 15) is 9.59 Å². The first-order chi connectivity index (χ1) is 22.4. The van der Waals surface area contributed by atoms with Crippen LogP contribution in [0.15, 0.2) is 54.6 Å². The number of ether oxygens (including phenoxy) is 3. The summed E-state index contributed by atoms with van der Waals surface area (Å²) in [4.78, 5) is 23.6. The first-order valence-corrected chi connectivity index (χ1v) is 18.0. The SMILES string of the molecule is CCOC(=O)NC1CCC(CC2CCC(NC(=O)C(C)(C)C)CC2)CC1.CCOCCOc1ccc(C(C)(C)c2ccccc2)cc1. The Morgan fingerprint density at radius 2 is 1.21 bits per heavy atom. The van der Waals surface area contributed by atoms with E-state index in [1.165, 1.54) is 43.2 Å². The maximum absolute atomic E-state index is 12.1. The van der Waals surface area contributed by atoms with E-state index in [0.29, 0.717) is 25.9 Å². The lowest BCUT2D eigenvalue weighted by Crippen LogP contribution is -2.43. The molecule has 2 saturated carbocycles. The van der Waals surface area contributed by atoms with E-state index >= 15 is 0 Å². The zero-order valence-corrected chi connectivity index (χ0v) is 30.2. The fourth-order valence-electron chi connectivity index (χ4n) is 6.65. The summed E-state index contributed by atoms with van der Waals surface area (Å²) in [5, 5.41) is 6.20. The molecule has 0 atom stereocenters. The Labute approximate surface area is 284 Å². The number of carbonyl (C=O) groups is 2. The van der Waals surface area contributed by atoms with Crippen molar-refractivity contribution in [2.45, 2.75) is 124 Å². The van der Waals surface area contributed by atoms with E-state index in [2.05, 4.69) is 66.9 Å². The molecule has 2 aliphatic rings. The Morgan fingerprint density at radius 1 is 0.681 bits per heavy atom. The van der Waals surface area contributed by atoms with Crippen LogP contribution in [0.5, 0.6) is 5.75 Å². The summed E-state index contributed by atoms with van der Waals surface area (Å²) in [7, 11) is 0. The highest BCUT2D eigenvalue weighted by Crippen LogP contribution is 2.36. The Balaban J connectivity index is 0.000000261. The number of alkyl carbamates (subject to hydrolysis) is 1. The van der Waals surface area contributed by atoms with Gasteiger partial charge in [-0.3, -0.25) is 4.79 Å². The maximum atomic E-state index is 12.1. The average molecular weight is 651 g/mol. The van der Waals surface area contributed by atoms with Crippen molar-refractivity contribution in [3.8, 4) is 5.75 Å². The molecular weight excluding hydrogens is 588 g/mol. The quantitative estimate of drug-likeness (QED) is 0.224. The Kier molecular flexibility index (Phi) is 15.6. The third kappa shape index (κ3) is 13.2. The number of hydrogen-bond acceptors (Lipinski definition) is 5. The van der Waals surface area contributed by atoms with Gasteiger partial charge in [-0.1, -0.05) is 77.1 Å². The molecule has 2 aromatic rings. The molecule has 0 aromatic heterocycles. The topological polar surface area (TPSA) is 85.9 Å². The van der Waals surface area contributed by atoms with Gasteiger partial charge in [0.2, 0.25) is 5.91 Å². The molecule has 7 nitrogen and oxygen atoms in total. The molecule has 0 bridgehead atoms. The molecule has 262 valence electrons. The van der Waals surface area contributed by atoms with Crippen LogP contribution in [-0.4, -0.2) is 50.5 Å². The second-order valence-corrected chi connectivity index (χ2v) is 14.8. The Bertz CT molecular complexity index is 1180. The van der Waals surface area contributed by atoms with Gasteiger partial charge in [0, 0.05) is 29.5 Å². The normalized spacial score (nSPS) is 21.5. The van der Waals surface area contributed by atoms with Crippen LogP contribution in [0.2, 0.25) is 0 Å². The molecule has 0 saturated heterocycles. The summed E-state index contributed by atoms with van der Waals surface area (Å²) < 4.78 is 15.9. The molecule has 0 unspecified atom stereocenters. The largest absolute Gasteiger partial charge is 0.491 e. The van der Waals surface area contributed by atoms with Crippen molar-refractivity contribution in [3.05, 3.63) is 65.7 Å². The number of amides is 2. The fraction of sp³-hybridized carbons (Fsp3) is 0.650. The second-order valence-electron chi connectivity index (χ2n) is 14.8. The van der Waals surface area contributed by atoms with Crippen molar-refractivity contribution in [3.63, 3.8) is 0 Å². The molecule has 0 heterocycles. The van der Waals surface area contributed by atoms with Gasteiger partial charge in [-0.15, -0.1) is 0 Å². The van der Waals surface area contributed by atoms with Gasteiger partial charge in [0.25, 0.3) is 0 Å². The molecule has 2 aliphatic carbocycles. The van der Waals surface area contributed by atoms with Crippen molar-refractivity contribution >= 4 is 12.0 Å². The summed E-state index contributed by atoms with van der Waals surface area (Å²) in [6.45, 7) is 16.6. The highest BCUT2D eigenvalue weighted by Gasteiger charge is 2.30. The molecule has 47 heavy (non-hydrogen) atoms. The summed E-state index contributed by atoms with van der Waals surface area (Å²) >= 11 is 0. The summed E-state index contributed by atoms with van der Waals surface area (Å²) in [6.07, 6.45) is 10.3. The fourth-order valence-corrected chi connectivity index (χ4v) is 6.65. The van der Waals surface area contributed by atoms with Crippen molar-refractivity contribution in [1.82, 2.24) is 10.6 Å². The number of rotatable bonds is 12. The number of benzene rings is 2. The molecule has 4 rings (SSSR count). The van der Waals surface area contributed by atoms with Gasteiger partial charge >= 0.3 is 6.09 Å². The van der Waals surface area contributed by atoms with E-state index in [0.717, 1.165) is 49.9 Å². The van der Waals surface area contributed by atoms with E-state index in [-0.39, 0.29) is 28.9 Å². The lowest BCUT2D eigenvalue weighted by atomic mass is 9.75. The van der Waals surface area contributed by atoms with Crippen molar-refractivity contribution in [1.29, 1.82) is 0 Å². The molecule has 0 aliphatic heterocycles. The molecule has 0 radical (unpaired) electrons. The zero-order chi connectivity index (χ0) is 34.3. The maximum Gasteiger partial charge on any atom is 0.407 e. The minimum Gasteiger partial charge on any atom is -0.491 e. The van der Waals surface area contributed by atoms with Crippen LogP contribution in [-0.2, 0) is 19.7 Å². The van der Waals surface area contributed by atoms with E-state index in [1.807, 2.05) is 46.8 Å². The van der Waals surface area contributed by atoms with Gasteiger partial charge in [-0.25, -0.2) is 4.79 Å². The van der Waals surface area contributed by atoms with E-state index in [1.54, 1.807) is 0 Å². The van der Waals surface area contributed by atoms with Crippen LogP contribution in [0.4, 0.5) is 4.79 Å². The van der Waals surface area contributed by atoms with Crippen LogP contribution in [0.1, 0.15) is 117 Å². The Morgan fingerprint density at radius 3 is 1.72 bits per heavy atom. The Hall–Kier alpha value is -3.06. The lowest BCUT2D eigenvalue weighted by molar-refractivity contribution is -0.129. The van der Waals surface area contributed by atoms with Crippen LogP contribution in [0.25, 0.3) is 0 Å². The molecule has 2 aromatic carbocycles. The van der Waals surface area contributed by atoms with Crippen LogP contribution < -0.4 is 15.4 Å². The molecule has 0 spiro atoms. The second kappa shape index (κ2) is 19.1. The first-order valence-electron chi connectivity index (χ1n) is 18.0. The molecule has 7 heteroatoms. The molecule has 2 N–H and O–H groups in total. The zero-order valence-electron chi connectivity index (χ0n) is 30.2. The number of carbonyl (C=O) groups excluding carboxylic acids is 2. The molecular formula is C40H62N2O5. The van der Waals surface area contributed by atoms with Gasteiger partial charge in [-0.2, -0.15) is 0 Å². The monoisotopic (exact) mass is 650 g/mol. The summed E-state index contributed by atoms with van der Waals surface area (Å²) in [5.41, 5.74) is 2.29. The average Bonchev–Trinajstić information content (AvgIpc) is 3.05. The lowest BCUT2D eigenvalue weighted by Gasteiger charge is -2.35. The molecule has 2 amide bonds. The predicted molar refractivity (Wildman–Crippen MR) is 191 cm³/mol. The van der Waals surface area contributed by atoms with Crippen molar-refractivity contribution < 1.29 is 23.8 Å². The smallest absolute Gasteiger partial charge is 0.407 e. The van der Waals surface area contributed by atoms with Gasteiger partial charge in [0.15, 0.2) is 0 Å². The van der Waals surface area contributed by atoms with Crippen LogP contribution in [0.3, 0.4) is 0 Å². The van der Waals surface area contributed by atoms with Crippen molar-refractivity contribution in [2.24, 2.45) is 17.3 Å². The van der Waals surface area contributed by atoms with E-state index < -0.39 is 0 Å². The summed E-state index contributed by atoms with van der Waals surface area (Å²) in [6, 6.07) is 19.6. The predicted octanol–water partition coefficient (Wildman–Crippen LogP) is 8.83. The van der Waals surface area contributed by atoms with Gasteiger partial charge < -0.3 is 24.8 Å². The molecule has 2 fully saturated rings. The third-order valence-electron chi connectivity index (χ3n) is 9.75. The highest BCUT2D eigenvalue weighted by atomic mass is 16.5. The van der Waals surface area contributed by atoms with Gasteiger partial charge in [-0.05, 0) is 107 Å². The van der Waals surface area contributed by atoms with Gasteiger partial charge in [0.05, 0.1) is 13.2 Å². The van der Waals surface area contributed by atoms with Crippen molar-refractivity contribution in [2.75, 3.05) is 26.4 Å².